The normalized spacial score (nSPS) is 9.52. The molecule has 0 bridgehead atoms. The van der Waals surface area contributed by atoms with E-state index in [0.717, 1.165) is 17.1 Å². The number of aromatic nitrogens is 1. The van der Waals surface area contributed by atoms with Gasteiger partial charge in [-0.3, -0.25) is 0 Å². The standard InChI is InChI=1S/C18H18N2O.2C2H6/c1-3-8-16(4-2)21-17-10-7-9-15(13-17)14-20-18-11-5-6-12-19-18;2*1-2/h3-13H,1-2,14H2,(H,19,20);2*1-2H3/b16-8+;;. The van der Waals surface area contributed by atoms with Crippen LogP contribution in [0.25, 0.3) is 0 Å². The number of anilines is 1. The van der Waals surface area contributed by atoms with Crippen LogP contribution in [0.15, 0.2) is 85.8 Å². The van der Waals surface area contributed by atoms with Gasteiger partial charge in [-0.2, -0.15) is 0 Å². The van der Waals surface area contributed by atoms with Crippen LogP contribution in [0.1, 0.15) is 33.3 Å². The number of ether oxygens (including phenoxy) is 1. The van der Waals surface area contributed by atoms with E-state index in [4.69, 9.17) is 4.74 Å². The lowest BCUT2D eigenvalue weighted by Gasteiger charge is -2.09. The second-order valence-corrected chi connectivity index (χ2v) is 4.33. The second-order valence-electron chi connectivity index (χ2n) is 4.33. The number of allylic oxidation sites excluding steroid dienone is 3. The fourth-order valence-electron chi connectivity index (χ4n) is 1.77. The van der Waals surface area contributed by atoms with Crippen molar-refractivity contribution in [1.29, 1.82) is 0 Å². The van der Waals surface area contributed by atoms with Crippen LogP contribution in [-0.2, 0) is 6.54 Å². The fourth-order valence-corrected chi connectivity index (χ4v) is 1.77. The molecule has 0 aliphatic heterocycles. The van der Waals surface area contributed by atoms with E-state index in [2.05, 4.69) is 23.5 Å². The molecule has 0 aliphatic rings. The van der Waals surface area contributed by atoms with Crippen LogP contribution in [0, 0.1) is 0 Å². The number of hydrogen-bond donors (Lipinski definition) is 1. The smallest absolute Gasteiger partial charge is 0.127 e. The third-order valence-electron chi connectivity index (χ3n) is 2.76. The van der Waals surface area contributed by atoms with E-state index in [1.54, 1.807) is 24.4 Å². The van der Waals surface area contributed by atoms with Crippen LogP contribution >= 0.6 is 0 Å². The first-order valence-corrected chi connectivity index (χ1v) is 8.68. The molecule has 3 heteroatoms. The van der Waals surface area contributed by atoms with Gasteiger partial charge in [0.25, 0.3) is 0 Å². The third kappa shape index (κ3) is 9.16. The molecule has 0 fully saturated rings. The molecule has 0 saturated heterocycles. The van der Waals surface area contributed by atoms with Gasteiger partial charge in [0.1, 0.15) is 17.3 Å². The highest BCUT2D eigenvalue weighted by Crippen LogP contribution is 2.17. The molecule has 2 rings (SSSR count). The Kier molecular flexibility index (Phi) is 13.1. The van der Waals surface area contributed by atoms with Crippen LogP contribution < -0.4 is 10.1 Å². The largest absolute Gasteiger partial charge is 0.457 e. The van der Waals surface area contributed by atoms with Crippen molar-refractivity contribution in [3.05, 3.63) is 91.4 Å². The highest BCUT2D eigenvalue weighted by molar-refractivity contribution is 5.37. The maximum atomic E-state index is 5.73. The third-order valence-corrected chi connectivity index (χ3v) is 2.76. The number of rotatable bonds is 7. The Bertz CT molecular complexity index is 633. The second kappa shape index (κ2) is 14.8. The maximum absolute atomic E-state index is 5.73. The van der Waals surface area contributed by atoms with Gasteiger partial charge in [-0.1, -0.05) is 65.1 Å². The summed E-state index contributed by atoms with van der Waals surface area (Å²) in [5.74, 6) is 2.28. The fraction of sp³-hybridized carbons (Fsp3) is 0.227. The van der Waals surface area contributed by atoms with E-state index in [1.165, 1.54) is 0 Å². The summed E-state index contributed by atoms with van der Waals surface area (Å²) in [5, 5.41) is 3.26. The Balaban J connectivity index is 0.00000134. The highest BCUT2D eigenvalue weighted by Gasteiger charge is 1.99. The van der Waals surface area contributed by atoms with Gasteiger partial charge in [0, 0.05) is 12.7 Å². The SMILES string of the molecule is C=C/C=C(\C=C)Oc1cccc(CNc2ccccn2)c1.CC.CC. The molecular weight excluding hydrogens is 308 g/mol. The molecule has 0 unspecified atom stereocenters. The van der Waals surface area contributed by atoms with Gasteiger partial charge in [-0.25, -0.2) is 4.98 Å². The quantitative estimate of drug-likeness (QED) is 0.470. The molecule has 25 heavy (non-hydrogen) atoms. The Morgan fingerprint density at radius 1 is 1.08 bits per heavy atom. The van der Waals surface area contributed by atoms with E-state index in [0.29, 0.717) is 12.3 Å². The molecule has 1 aromatic carbocycles. The zero-order valence-electron chi connectivity index (χ0n) is 15.8. The molecule has 1 heterocycles. The Morgan fingerprint density at radius 3 is 2.44 bits per heavy atom. The summed E-state index contributed by atoms with van der Waals surface area (Å²) in [6.45, 7) is 16.0. The Hall–Kier alpha value is -2.81. The first-order valence-electron chi connectivity index (χ1n) is 8.68. The minimum atomic E-state index is 0.667. The molecule has 3 nitrogen and oxygen atoms in total. The summed E-state index contributed by atoms with van der Waals surface area (Å²) in [5.41, 5.74) is 1.11. The van der Waals surface area contributed by atoms with Crippen molar-refractivity contribution in [1.82, 2.24) is 4.98 Å². The minimum absolute atomic E-state index is 0.667. The van der Waals surface area contributed by atoms with E-state index >= 15 is 0 Å². The van der Waals surface area contributed by atoms with Crippen molar-refractivity contribution >= 4 is 5.82 Å². The van der Waals surface area contributed by atoms with Crippen LogP contribution in [0.4, 0.5) is 5.82 Å². The Labute approximate surface area is 152 Å². The molecular formula is C22H30N2O. The molecule has 0 amide bonds. The van der Waals surface area contributed by atoms with Crippen molar-refractivity contribution in [3.8, 4) is 5.75 Å². The molecule has 0 atom stereocenters. The minimum Gasteiger partial charge on any atom is -0.457 e. The number of hydrogen-bond acceptors (Lipinski definition) is 3. The highest BCUT2D eigenvalue weighted by atomic mass is 16.5. The maximum Gasteiger partial charge on any atom is 0.127 e. The topological polar surface area (TPSA) is 34.1 Å². The predicted molar refractivity (Wildman–Crippen MR) is 110 cm³/mol. The molecule has 2 aromatic rings. The lowest BCUT2D eigenvalue weighted by molar-refractivity contribution is 0.444. The summed E-state index contributed by atoms with van der Waals surface area (Å²) in [6, 6.07) is 13.7. The first-order chi connectivity index (χ1) is 12.3. The van der Waals surface area contributed by atoms with Crippen molar-refractivity contribution in [3.63, 3.8) is 0 Å². The van der Waals surface area contributed by atoms with Crippen molar-refractivity contribution < 1.29 is 4.74 Å². The van der Waals surface area contributed by atoms with Gasteiger partial charge in [0.05, 0.1) is 0 Å². The van der Waals surface area contributed by atoms with Gasteiger partial charge < -0.3 is 10.1 Å². The first kappa shape index (κ1) is 22.2. The molecule has 1 N–H and O–H groups in total. The average Bonchev–Trinajstić information content (AvgIpc) is 2.70. The van der Waals surface area contributed by atoms with Gasteiger partial charge in [0.2, 0.25) is 0 Å². The Morgan fingerprint density at radius 2 is 1.84 bits per heavy atom. The van der Waals surface area contributed by atoms with Crippen LogP contribution in [0.2, 0.25) is 0 Å². The van der Waals surface area contributed by atoms with Crippen LogP contribution in [0.5, 0.6) is 5.75 Å². The average molecular weight is 338 g/mol. The van der Waals surface area contributed by atoms with Crippen LogP contribution in [-0.4, -0.2) is 4.98 Å². The van der Waals surface area contributed by atoms with Gasteiger partial charge in [-0.15, -0.1) is 0 Å². The zero-order chi connectivity index (χ0) is 18.9. The van der Waals surface area contributed by atoms with Crippen molar-refractivity contribution in [2.75, 3.05) is 5.32 Å². The van der Waals surface area contributed by atoms with Crippen LogP contribution in [0.3, 0.4) is 0 Å². The van der Waals surface area contributed by atoms with E-state index < -0.39 is 0 Å². The van der Waals surface area contributed by atoms with Crippen molar-refractivity contribution in [2.45, 2.75) is 34.2 Å². The molecule has 0 saturated carbocycles. The summed E-state index contributed by atoms with van der Waals surface area (Å²) in [7, 11) is 0. The van der Waals surface area contributed by atoms with E-state index in [1.807, 2.05) is 70.2 Å². The molecule has 134 valence electrons. The van der Waals surface area contributed by atoms with Gasteiger partial charge in [0.15, 0.2) is 0 Å². The number of nitrogens with one attached hydrogen (secondary N) is 1. The summed E-state index contributed by atoms with van der Waals surface area (Å²) < 4.78 is 5.73. The summed E-state index contributed by atoms with van der Waals surface area (Å²) in [6.07, 6.45) is 6.86. The summed E-state index contributed by atoms with van der Waals surface area (Å²) in [4.78, 5) is 4.23. The zero-order valence-corrected chi connectivity index (χ0v) is 15.8. The summed E-state index contributed by atoms with van der Waals surface area (Å²) >= 11 is 0. The number of nitrogens with zero attached hydrogens (tertiary/aromatic N) is 1. The molecule has 1 aromatic heterocycles. The van der Waals surface area contributed by atoms with Crippen molar-refractivity contribution in [2.24, 2.45) is 0 Å². The monoisotopic (exact) mass is 338 g/mol. The molecule has 0 aliphatic carbocycles. The number of benzene rings is 1. The predicted octanol–water partition coefficient (Wildman–Crippen LogP) is 6.38. The lowest BCUT2D eigenvalue weighted by atomic mass is 10.2. The van der Waals surface area contributed by atoms with Gasteiger partial charge >= 0.3 is 0 Å². The molecule has 0 radical (unpaired) electrons. The molecule has 0 spiro atoms. The lowest BCUT2D eigenvalue weighted by Crippen LogP contribution is -2.01. The van der Waals surface area contributed by atoms with E-state index in [9.17, 15) is 0 Å². The van der Waals surface area contributed by atoms with Gasteiger partial charge in [-0.05, 0) is 42.0 Å². The van der Waals surface area contributed by atoms with E-state index in [-0.39, 0.29) is 0 Å². The number of pyridine rings is 1.